The molecule has 1 aliphatic heterocycles. The molecule has 0 spiro atoms. The molecule has 1 fully saturated rings. The van der Waals surface area contributed by atoms with Crippen molar-refractivity contribution in [2.75, 3.05) is 47.1 Å². The Labute approximate surface area is 112 Å². The molecule has 0 aromatic carbocycles. The number of nitrogens with zero attached hydrogens (tertiary/aromatic N) is 1. The van der Waals surface area contributed by atoms with Crippen molar-refractivity contribution in [1.29, 1.82) is 0 Å². The largest absolute Gasteiger partial charge is 0.383 e. The highest BCUT2D eigenvalue weighted by molar-refractivity contribution is 4.94. The summed E-state index contributed by atoms with van der Waals surface area (Å²) in [4.78, 5) is 2.41. The molecular weight excluding hydrogens is 228 g/mol. The second kappa shape index (κ2) is 7.43. The van der Waals surface area contributed by atoms with Crippen molar-refractivity contribution in [1.82, 2.24) is 4.90 Å². The van der Waals surface area contributed by atoms with Crippen LogP contribution in [0.25, 0.3) is 0 Å². The average molecular weight is 258 g/mol. The zero-order valence-electron chi connectivity index (χ0n) is 12.4. The lowest BCUT2D eigenvalue weighted by Crippen LogP contribution is -2.60. The molecule has 1 heterocycles. The first-order valence-corrected chi connectivity index (χ1v) is 7.04. The molecule has 1 rings (SSSR count). The van der Waals surface area contributed by atoms with Gasteiger partial charge in [0.1, 0.15) is 0 Å². The van der Waals surface area contributed by atoms with Gasteiger partial charge in [0.25, 0.3) is 0 Å². The molecule has 108 valence electrons. The summed E-state index contributed by atoms with van der Waals surface area (Å²) >= 11 is 0. The summed E-state index contributed by atoms with van der Waals surface area (Å²) in [6.07, 6.45) is 2.33. The first-order chi connectivity index (χ1) is 8.56. The van der Waals surface area contributed by atoms with Gasteiger partial charge < -0.3 is 15.2 Å². The molecule has 4 heteroatoms. The molecule has 0 saturated carbocycles. The molecule has 0 bridgehead atoms. The van der Waals surface area contributed by atoms with E-state index in [1.807, 2.05) is 0 Å². The van der Waals surface area contributed by atoms with E-state index in [0.29, 0.717) is 19.1 Å². The Morgan fingerprint density at radius 2 is 2.00 bits per heavy atom. The Balaban J connectivity index is 2.65. The highest BCUT2D eigenvalue weighted by Crippen LogP contribution is 2.26. The van der Waals surface area contributed by atoms with Crippen LogP contribution in [0.1, 0.15) is 26.7 Å². The van der Waals surface area contributed by atoms with Gasteiger partial charge in [-0.25, -0.2) is 0 Å². The van der Waals surface area contributed by atoms with Gasteiger partial charge in [-0.3, -0.25) is 4.90 Å². The summed E-state index contributed by atoms with van der Waals surface area (Å²) in [6, 6.07) is 0. The van der Waals surface area contributed by atoms with E-state index in [2.05, 4.69) is 25.8 Å². The number of likely N-dealkylation sites (N-methyl/N-ethyl adjacent to an activating group) is 1. The summed E-state index contributed by atoms with van der Waals surface area (Å²) in [5.41, 5.74) is 6.01. The topological polar surface area (TPSA) is 47.7 Å². The number of hydrogen-bond acceptors (Lipinski definition) is 4. The molecule has 0 aromatic rings. The van der Waals surface area contributed by atoms with Crippen LogP contribution in [0, 0.1) is 11.8 Å². The fourth-order valence-corrected chi connectivity index (χ4v) is 2.92. The van der Waals surface area contributed by atoms with Gasteiger partial charge in [-0.05, 0) is 31.7 Å². The third kappa shape index (κ3) is 3.67. The van der Waals surface area contributed by atoms with Gasteiger partial charge >= 0.3 is 0 Å². The predicted molar refractivity (Wildman–Crippen MR) is 74.7 cm³/mol. The zero-order chi connectivity index (χ0) is 13.6. The Morgan fingerprint density at radius 1 is 1.39 bits per heavy atom. The van der Waals surface area contributed by atoms with Crippen LogP contribution in [-0.4, -0.2) is 57.5 Å². The van der Waals surface area contributed by atoms with E-state index in [4.69, 9.17) is 15.2 Å². The molecule has 0 aromatic heterocycles. The minimum Gasteiger partial charge on any atom is -0.383 e. The molecular formula is C14H30N2O2. The number of rotatable bonds is 7. The van der Waals surface area contributed by atoms with Crippen molar-refractivity contribution in [2.24, 2.45) is 17.6 Å². The highest BCUT2D eigenvalue weighted by Gasteiger charge is 2.37. The van der Waals surface area contributed by atoms with Crippen molar-refractivity contribution >= 4 is 0 Å². The summed E-state index contributed by atoms with van der Waals surface area (Å²) in [5, 5.41) is 0. The lowest BCUT2D eigenvalue weighted by molar-refractivity contribution is -0.0218. The molecule has 0 radical (unpaired) electrons. The van der Waals surface area contributed by atoms with Gasteiger partial charge in [0.2, 0.25) is 0 Å². The Morgan fingerprint density at radius 3 is 2.44 bits per heavy atom. The summed E-state index contributed by atoms with van der Waals surface area (Å²) in [5.74, 6) is 1.21. The summed E-state index contributed by atoms with van der Waals surface area (Å²) in [7, 11) is 3.94. The molecule has 1 saturated heterocycles. The highest BCUT2D eigenvalue weighted by atomic mass is 16.5. The van der Waals surface area contributed by atoms with Gasteiger partial charge in [0.05, 0.1) is 12.1 Å². The van der Waals surface area contributed by atoms with E-state index in [1.165, 1.54) is 0 Å². The lowest BCUT2D eigenvalue weighted by atomic mass is 9.84. The van der Waals surface area contributed by atoms with E-state index in [9.17, 15) is 0 Å². The third-order valence-electron chi connectivity index (χ3n) is 4.46. The van der Waals surface area contributed by atoms with Gasteiger partial charge in [0.15, 0.2) is 0 Å². The molecule has 1 unspecified atom stereocenters. The fourth-order valence-electron chi connectivity index (χ4n) is 2.92. The zero-order valence-corrected chi connectivity index (χ0v) is 12.4. The van der Waals surface area contributed by atoms with Crippen LogP contribution in [0.4, 0.5) is 0 Å². The molecule has 18 heavy (non-hydrogen) atoms. The predicted octanol–water partition coefficient (Wildman–Crippen LogP) is 1.34. The smallest absolute Gasteiger partial charge is 0.0661 e. The van der Waals surface area contributed by atoms with Gasteiger partial charge in [-0.15, -0.1) is 0 Å². The quantitative estimate of drug-likeness (QED) is 0.749. The Hall–Kier alpha value is -0.160. The van der Waals surface area contributed by atoms with Crippen molar-refractivity contribution in [2.45, 2.75) is 32.2 Å². The van der Waals surface area contributed by atoms with Gasteiger partial charge in [-0.1, -0.05) is 13.8 Å². The first kappa shape index (κ1) is 15.9. The molecule has 4 nitrogen and oxygen atoms in total. The summed E-state index contributed by atoms with van der Waals surface area (Å²) < 4.78 is 10.8. The molecule has 0 amide bonds. The lowest BCUT2D eigenvalue weighted by Gasteiger charge is -2.45. The number of nitrogens with two attached hydrogens (primary N) is 1. The van der Waals surface area contributed by atoms with Crippen LogP contribution in [0.3, 0.4) is 0 Å². The minimum absolute atomic E-state index is 0.0486. The van der Waals surface area contributed by atoms with Crippen LogP contribution in [0.5, 0.6) is 0 Å². The maximum Gasteiger partial charge on any atom is 0.0661 e. The third-order valence-corrected chi connectivity index (χ3v) is 4.46. The van der Waals surface area contributed by atoms with Crippen LogP contribution in [-0.2, 0) is 9.47 Å². The van der Waals surface area contributed by atoms with Crippen molar-refractivity contribution in [3.63, 3.8) is 0 Å². The Bertz CT molecular complexity index is 230. The van der Waals surface area contributed by atoms with E-state index < -0.39 is 0 Å². The first-order valence-electron chi connectivity index (χ1n) is 7.04. The minimum atomic E-state index is -0.0486. The van der Waals surface area contributed by atoms with E-state index in [0.717, 1.165) is 38.5 Å². The van der Waals surface area contributed by atoms with E-state index in [-0.39, 0.29) is 5.54 Å². The molecule has 2 N–H and O–H groups in total. The second-order valence-corrected chi connectivity index (χ2v) is 5.83. The van der Waals surface area contributed by atoms with E-state index >= 15 is 0 Å². The summed E-state index contributed by atoms with van der Waals surface area (Å²) in [6.45, 7) is 8.68. The van der Waals surface area contributed by atoms with Crippen LogP contribution < -0.4 is 5.73 Å². The average Bonchev–Trinajstić information content (AvgIpc) is 2.36. The van der Waals surface area contributed by atoms with Crippen molar-refractivity contribution in [3.05, 3.63) is 0 Å². The maximum absolute atomic E-state index is 6.05. The monoisotopic (exact) mass is 258 g/mol. The second-order valence-electron chi connectivity index (χ2n) is 5.83. The number of hydrogen-bond donors (Lipinski definition) is 1. The SMILES string of the molecule is COCC(CN)(C(C)C)N(C)CC1CCOCC1. The normalized spacial score (nSPS) is 21.5. The maximum atomic E-state index is 6.05. The van der Waals surface area contributed by atoms with Crippen molar-refractivity contribution in [3.8, 4) is 0 Å². The van der Waals surface area contributed by atoms with Crippen LogP contribution in [0.2, 0.25) is 0 Å². The van der Waals surface area contributed by atoms with Crippen molar-refractivity contribution < 1.29 is 9.47 Å². The van der Waals surface area contributed by atoms with Crippen LogP contribution in [0.15, 0.2) is 0 Å². The fraction of sp³-hybridized carbons (Fsp3) is 1.00. The molecule has 0 aliphatic carbocycles. The van der Waals surface area contributed by atoms with Crippen LogP contribution >= 0.6 is 0 Å². The Kier molecular flexibility index (Phi) is 6.57. The molecule has 1 atom stereocenters. The number of methoxy groups -OCH3 is 1. The standard InChI is InChI=1S/C14H30N2O2/c1-12(2)14(10-15,11-17-4)16(3)9-13-5-7-18-8-6-13/h12-13H,5-11,15H2,1-4H3. The van der Waals surface area contributed by atoms with Gasteiger partial charge in [0, 0.05) is 33.4 Å². The number of ether oxygens (including phenoxy) is 2. The van der Waals surface area contributed by atoms with E-state index in [1.54, 1.807) is 7.11 Å². The van der Waals surface area contributed by atoms with Gasteiger partial charge in [-0.2, -0.15) is 0 Å². The molecule has 1 aliphatic rings.